The normalized spacial score (nSPS) is 11.9. The van der Waals surface area contributed by atoms with E-state index in [4.69, 9.17) is 5.73 Å². The highest BCUT2D eigenvalue weighted by molar-refractivity contribution is 7.18. The van der Waals surface area contributed by atoms with Crippen molar-refractivity contribution in [2.45, 2.75) is 19.3 Å². The van der Waals surface area contributed by atoms with Crippen molar-refractivity contribution in [3.63, 3.8) is 0 Å². The molecule has 0 saturated carbocycles. The first-order valence-electron chi connectivity index (χ1n) is 6.89. The third-order valence-corrected chi connectivity index (χ3v) is 4.39. The molecule has 2 rings (SSSR count). The van der Waals surface area contributed by atoms with Gasteiger partial charge in [-0.25, -0.2) is 4.98 Å². The summed E-state index contributed by atoms with van der Waals surface area (Å²) in [6, 6.07) is 10.3. The molecule has 1 heterocycles. The number of nitrogens with one attached hydrogen (secondary N) is 2. The molecule has 0 aliphatic heterocycles. The largest absolute Gasteiger partial charge is 0.382 e. The van der Waals surface area contributed by atoms with Gasteiger partial charge in [0.1, 0.15) is 10.7 Å². The van der Waals surface area contributed by atoms with Gasteiger partial charge in [0.05, 0.1) is 0 Å². The van der Waals surface area contributed by atoms with E-state index in [9.17, 15) is 4.79 Å². The number of rotatable bonds is 6. The summed E-state index contributed by atoms with van der Waals surface area (Å²) < 4.78 is 0. The average molecular weight is 304 g/mol. The summed E-state index contributed by atoms with van der Waals surface area (Å²) in [6.45, 7) is 2.77. The Morgan fingerprint density at radius 2 is 2.10 bits per heavy atom. The number of nitrogen functional groups attached to an aromatic ring is 1. The van der Waals surface area contributed by atoms with Crippen molar-refractivity contribution in [3.8, 4) is 0 Å². The van der Waals surface area contributed by atoms with Crippen molar-refractivity contribution in [2.75, 3.05) is 24.6 Å². The van der Waals surface area contributed by atoms with Crippen LogP contribution in [0.2, 0.25) is 0 Å². The van der Waals surface area contributed by atoms with Crippen LogP contribution in [-0.2, 0) is 0 Å². The predicted octanol–water partition coefficient (Wildman–Crippen LogP) is 2.69. The van der Waals surface area contributed by atoms with Gasteiger partial charge in [-0.2, -0.15) is 0 Å². The van der Waals surface area contributed by atoms with E-state index in [-0.39, 0.29) is 11.7 Å². The Kier molecular flexibility index (Phi) is 5.16. The highest BCUT2D eigenvalue weighted by atomic mass is 32.1. The van der Waals surface area contributed by atoms with Crippen LogP contribution in [0.3, 0.4) is 0 Å². The smallest absolute Gasteiger partial charge is 0.265 e. The van der Waals surface area contributed by atoms with Gasteiger partial charge >= 0.3 is 0 Å². The molecule has 0 saturated heterocycles. The standard InChI is InChI=1S/C15H20N4OS/c1-10(11-6-4-3-5-7-11)8-9-18-14(20)12-13(16)19-15(17-2)21-12/h3-7,10H,8-9,16H2,1-2H3,(H,17,19)(H,18,20). The predicted molar refractivity (Wildman–Crippen MR) is 87.9 cm³/mol. The number of hydrogen-bond acceptors (Lipinski definition) is 5. The van der Waals surface area contributed by atoms with Crippen molar-refractivity contribution >= 4 is 28.2 Å². The van der Waals surface area contributed by atoms with Crippen molar-refractivity contribution < 1.29 is 4.79 Å². The minimum Gasteiger partial charge on any atom is -0.382 e. The van der Waals surface area contributed by atoms with E-state index in [2.05, 4.69) is 34.7 Å². The topological polar surface area (TPSA) is 80.0 Å². The van der Waals surface area contributed by atoms with Gasteiger partial charge in [0.25, 0.3) is 5.91 Å². The Balaban J connectivity index is 1.85. The van der Waals surface area contributed by atoms with Crippen LogP contribution < -0.4 is 16.4 Å². The van der Waals surface area contributed by atoms with Crippen molar-refractivity contribution in [1.82, 2.24) is 10.3 Å². The number of hydrogen-bond donors (Lipinski definition) is 3. The third kappa shape index (κ3) is 3.95. The fourth-order valence-corrected chi connectivity index (χ4v) is 2.79. The number of thiazole rings is 1. The zero-order valence-electron chi connectivity index (χ0n) is 12.2. The number of anilines is 2. The van der Waals surface area contributed by atoms with E-state index in [1.807, 2.05) is 18.2 Å². The minimum atomic E-state index is -0.160. The van der Waals surface area contributed by atoms with Crippen LogP contribution in [0.5, 0.6) is 0 Å². The maximum absolute atomic E-state index is 12.1. The number of nitrogens with zero attached hydrogens (tertiary/aromatic N) is 1. The van der Waals surface area contributed by atoms with Gasteiger partial charge in [0.2, 0.25) is 0 Å². The molecule has 0 aliphatic carbocycles. The molecule has 0 radical (unpaired) electrons. The quantitative estimate of drug-likeness (QED) is 0.766. The van der Waals surface area contributed by atoms with Gasteiger partial charge in [0.15, 0.2) is 5.13 Å². The lowest BCUT2D eigenvalue weighted by molar-refractivity contribution is 0.0957. The zero-order valence-corrected chi connectivity index (χ0v) is 13.0. The monoisotopic (exact) mass is 304 g/mol. The molecule has 0 spiro atoms. The fourth-order valence-electron chi connectivity index (χ4n) is 2.03. The number of amides is 1. The maximum Gasteiger partial charge on any atom is 0.265 e. The molecular weight excluding hydrogens is 284 g/mol. The molecule has 1 aromatic heterocycles. The Morgan fingerprint density at radius 1 is 1.38 bits per heavy atom. The summed E-state index contributed by atoms with van der Waals surface area (Å²) in [7, 11) is 1.75. The second-order valence-corrected chi connectivity index (χ2v) is 5.84. The molecular formula is C15H20N4OS. The Labute approximate surface area is 128 Å². The van der Waals surface area contributed by atoms with Crippen molar-refractivity contribution in [2.24, 2.45) is 0 Å². The third-order valence-electron chi connectivity index (χ3n) is 3.30. The lowest BCUT2D eigenvalue weighted by Crippen LogP contribution is -2.25. The van der Waals surface area contributed by atoms with Gasteiger partial charge in [-0.05, 0) is 17.9 Å². The first-order chi connectivity index (χ1) is 10.1. The van der Waals surface area contributed by atoms with Crippen LogP contribution in [0.15, 0.2) is 30.3 Å². The molecule has 21 heavy (non-hydrogen) atoms. The Bertz CT molecular complexity index is 597. The highest BCUT2D eigenvalue weighted by Gasteiger charge is 2.15. The number of nitrogens with two attached hydrogens (primary N) is 1. The summed E-state index contributed by atoms with van der Waals surface area (Å²) >= 11 is 1.26. The van der Waals surface area contributed by atoms with E-state index in [1.54, 1.807) is 7.05 Å². The van der Waals surface area contributed by atoms with Crippen LogP contribution in [0.1, 0.15) is 34.5 Å². The molecule has 5 nitrogen and oxygen atoms in total. The maximum atomic E-state index is 12.1. The van der Waals surface area contributed by atoms with Gasteiger partial charge in [-0.3, -0.25) is 4.79 Å². The second kappa shape index (κ2) is 7.08. The molecule has 112 valence electrons. The summed E-state index contributed by atoms with van der Waals surface area (Å²) in [4.78, 5) is 16.6. The first kappa shape index (κ1) is 15.3. The fraction of sp³-hybridized carbons (Fsp3) is 0.333. The van der Waals surface area contributed by atoms with Gasteiger partial charge in [-0.1, -0.05) is 48.6 Å². The molecule has 2 aromatic rings. The molecule has 0 fully saturated rings. The van der Waals surface area contributed by atoms with Gasteiger partial charge < -0.3 is 16.4 Å². The Hall–Kier alpha value is -2.08. The summed E-state index contributed by atoms with van der Waals surface area (Å²) in [6.07, 6.45) is 0.882. The van der Waals surface area contributed by atoms with Crippen LogP contribution in [0.25, 0.3) is 0 Å². The molecule has 1 unspecified atom stereocenters. The number of carbonyl (C=O) groups is 1. The highest BCUT2D eigenvalue weighted by Crippen LogP contribution is 2.24. The van der Waals surface area contributed by atoms with Gasteiger partial charge in [0, 0.05) is 13.6 Å². The van der Waals surface area contributed by atoms with E-state index in [0.29, 0.717) is 22.5 Å². The SMILES string of the molecule is CNc1nc(N)c(C(=O)NCCC(C)c2ccccc2)s1. The molecule has 0 aliphatic rings. The Morgan fingerprint density at radius 3 is 2.71 bits per heavy atom. The summed E-state index contributed by atoms with van der Waals surface area (Å²) in [5.74, 6) is 0.517. The van der Waals surface area contributed by atoms with Crippen LogP contribution in [-0.4, -0.2) is 24.5 Å². The minimum absolute atomic E-state index is 0.160. The molecule has 1 amide bonds. The lowest BCUT2D eigenvalue weighted by Gasteiger charge is -2.12. The number of aromatic nitrogens is 1. The van der Waals surface area contributed by atoms with Gasteiger partial charge in [-0.15, -0.1) is 0 Å². The van der Waals surface area contributed by atoms with Crippen LogP contribution in [0, 0.1) is 0 Å². The second-order valence-electron chi connectivity index (χ2n) is 4.84. The number of carbonyl (C=O) groups excluding carboxylic acids is 1. The molecule has 6 heteroatoms. The molecule has 4 N–H and O–H groups in total. The van der Waals surface area contributed by atoms with Crippen LogP contribution >= 0.6 is 11.3 Å². The first-order valence-corrected chi connectivity index (χ1v) is 7.70. The van der Waals surface area contributed by atoms with E-state index in [1.165, 1.54) is 16.9 Å². The van der Waals surface area contributed by atoms with E-state index in [0.717, 1.165) is 6.42 Å². The zero-order chi connectivity index (χ0) is 15.2. The number of benzene rings is 1. The van der Waals surface area contributed by atoms with Crippen molar-refractivity contribution in [3.05, 3.63) is 40.8 Å². The molecule has 1 atom stereocenters. The summed E-state index contributed by atoms with van der Waals surface area (Å²) in [5.41, 5.74) is 7.02. The van der Waals surface area contributed by atoms with E-state index >= 15 is 0 Å². The molecule has 0 bridgehead atoms. The van der Waals surface area contributed by atoms with E-state index < -0.39 is 0 Å². The lowest BCUT2D eigenvalue weighted by atomic mass is 9.98. The average Bonchev–Trinajstić information content (AvgIpc) is 2.89. The summed E-state index contributed by atoms with van der Waals surface area (Å²) in [5, 5.41) is 6.44. The van der Waals surface area contributed by atoms with Crippen LogP contribution in [0.4, 0.5) is 10.9 Å². The van der Waals surface area contributed by atoms with Crippen molar-refractivity contribution in [1.29, 1.82) is 0 Å². The molecule has 1 aromatic carbocycles.